The minimum absolute atomic E-state index is 0.132. The molecule has 0 aliphatic heterocycles. The number of aryl methyl sites for hydroxylation is 2. The van der Waals surface area contributed by atoms with Crippen molar-refractivity contribution in [3.8, 4) is 5.75 Å². The summed E-state index contributed by atoms with van der Waals surface area (Å²) in [5.74, 6) is 0.823. The van der Waals surface area contributed by atoms with Gasteiger partial charge in [-0.15, -0.1) is 0 Å². The summed E-state index contributed by atoms with van der Waals surface area (Å²) in [7, 11) is 3.38. The van der Waals surface area contributed by atoms with Crippen LogP contribution < -0.4 is 4.74 Å². The van der Waals surface area contributed by atoms with Crippen LogP contribution in [0.1, 0.15) is 16.7 Å². The van der Waals surface area contributed by atoms with Gasteiger partial charge in [0.05, 0.1) is 7.11 Å². The van der Waals surface area contributed by atoms with Crippen LogP contribution in [0.25, 0.3) is 0 Å². The Kier molecular flexibility index (Phi) is 4.35. The molecule has 1 rings (SSSR count). The Bertz CT molecular complexity index is 404. The molecule has 4 heteroatoms. The second kappa shape index (κ2) is 5.34. The van der Waals surface area contributed by atoms with Crippen LogP contribution in [-0.4, -0.2) is 23.9 Å². The van der Waals surface area contributed by atoms with E-state index in [0.29, 0.717) is 6.54 Å². The van der Waals surface area contributed by atoms with Crippen molar-refractivity contribution in [2.45, 2.75) is 20.4 Å². The summed E-state index contributed by atoms with van der Waals surface area (Å²) in [6, 6.07) is 4.05. The second-order valence-corrected chi connectivity index (χ2v) is 4.54. The summed E-state index contributed by atoms with van der Waals surface area (Å²) >= 11 is 2.92. The van der Waals surface area contributed by atoms with E-state index in [2.05, 4.69) is 22.0 Å². The zero-order valence-electron chi connectivity index (χ0n) is 10.0. The molecule has 0 unspecified atom stereocenters. The zero-order valence-corrected chi connectivity index (χ0v) is 11.6. The van der Waals surface area contributed by atoms with Crippen molar-refractivity contribution < 1.29 is 9.53 Å². The Hall–Kier alpha value is -1.03. The molecule has 0 N–H and O–H groups in total. The van der Waals surface area contributed by atoms with Gasteiger partial charge in [0.25, 0.3) is 4.82 Å². The summed E-state index contributed by atoms with van der Waals surface area (Å²) < 4.78 is 5.31. The smallest absolute Gasteiger partial charge is 0.289 e. The molecular formula is C12H16BrNO2. The third-order valence-corrected chi connectivity index (χ3v) is 3.21. The molecule has 0 radical (unpaired) electrons. The van der Waals surface area contributed by atoms with Crippen LogP contribution in [0.5, 0.6) is 5.75 Å². The van der Waals surface area contributed by atoms with Crippen LogP contribution in [0.4, 0.5) is 4.79 Å². The van der Waals surface area contributed by atoms with Crippen molar-refractivity contribution in [3.05, 3.63) is 28.8 Å². The first-order valence-corrected chi connectivity index (χ1v) is 5.79. The van der Waals surface area contributed by atoms with E-state index in [1.54, 1.807) is 19.1 Å². The third-order valence-electron chi connectivity index (χ3n) is 2.60. The maximum atomic E-state index is 11.1. The topological polar surface area (TPSA) is 29.5 Å². The molecule has 0 aromatic heterocycles. The molecule has 0 aliphatic rings. The second-order valence-electron chi connectivity index (χ2n) is 3.86. The molecule has 1 aromatic rings. The van der Waals surface area contributed by atoms with Crippen molar-refractivity contribution in [2.24, 2.45) is 0 Å². The summed E-state index contributed by atoms with van der Waals surface area (Å²) in [4.78, 5) is 12.6. The van der Waals surface area contributed by atoms with Gasteiger partial charge in [0.1, 0.15) is 5.75 Å². The van der Waals surface area contributed by atoms with Crippen molar-refractivity contribution in [3.63, 3.8) is 0 Å². The summed E-state index contributed by atoms with van der Waals surface area (Å²) in [6.07, 6.45) is 0. The van der Waals surface area contributed by atoms with E-state index in [-0.39, 0.29) is 4.82 Å². The van der Waals surface area contributed by atoms with Gasteiger partial charge in [-0.25, -0.2) is 0 Å². The van der Waals surface area contributed by atoms with E-state index in [4.69, 9.17) is 4.74 Å². The van der Waals surface area contributed by atoms with E-state index in [9.17, 15) is 4.79 Å². The van der Waals surface area contributed by atoms with Crippen molar-refractivity contribution in [2.75, 3.05) is 14.2 Å². The van der Waals surface area contributed by atoms with Gasteiger partial charge in [-0.05, 0) is 31.0 Å². The predicted octanol–water partition coefficient (Wildman–Crippen LogP) is 3.26. The van der Waals surface area contributed by atoms with E-state index < -0.39 is 0 Å². The zero-order chi connectivity index (χ0) is 12.3. The van der Waals surface area contributed by atoms with Crippen LogP contribution in [0.2, 0.25) is 0 Å². The Morgan fingerprint density at radius 2 is 1.94 bits per heavy atom. The van der Waals surface area contributed by atoms with Gasteiger partial charge in [-0.2, -0.15) is 0 Å². The lowest BCUT2D eigenvalue weighted by Crippen LogP contribution is -2.20. The molecule has 3 nitrogen and oxygen atoms in total. The third kappa shape index (κ3) is 2.98. The van der Waals surface area contributed by atoms with Crippen LogP contribution in [-0.2, 0) is 6.54 Å². The standard InChI is InChI=1S/C12H16BrNO2/c1-8-5-10(7-14(3)12(13)15)11(16-4)6-9(8)2/h5-6H,7H2,1-4H3. The molecule has 1 amide bonds. The highest BCUT2D eigenvalue weighted by molar-refractivity contribution is 9.18. The monoisotopic (exact) mass is 285 g/mol. The number of carbonyl (C=O) groups excluding carboxylic acids is 1. The molecule has 0 aliphatic carbocycles. The highest BCUT2D eigenvalue weighted by Crippen LogP contribution is 2.24. The molecule has 0 saturated heterocycles. The van der Waals surface area contributed by atoms with Gasteiger partial charge in [0.2, 0.25) is 0 Å². The number of hydrogen-bond acceptors (Lipinski definition) is 2. The summed E-state index contributed by atoms with van der Waals surface area (Å²) in [6.45, 7) is 4.63. The van der Waals surface area contributed by atoms with Gasteiger partial charge in [0.15, 0.2) is 0 Å². The number of hydrogen-bond donors (Lipinski definition) is 0. The largest absolute Gasteiger partial charge is 0.496 e. The number of carbonyl (C=O) groups is 1. The number of nitrogens with zero attached hydrogens (tertiary/aromatic N) is 1. The van der Waals surface area contributed by atoms with Gasteiger partial charge in [0, 0.05) is 35.1 Å². The first-order chi connectivity index (χ1) is 7.45. The Morgan fingerprint density at radius 3 is 2.44 bits per heavy atom. The van der Waals surface area contributed by atoms with Gasteiger partial charge in [-0.1, -0.05) is 6.07 Å². The lowest BCUT2D eigenvalue weighted by atomic mass is 10.0. The van der Waals surface area contributed by atoms with Crippen LogP contribution in [0.15, 0.2) is 12.1 Å². The van der Waals surface area contributed by atoms with E-state index in [1.165, 1.54) is 11.1 Å². The van der Waals surface area contributed by atoms with Gasteiger partial charge in [-0.3, -0.25) is 4.79 Å². The normalized spacial score (nSPS) is 10.1. The highest BCUT2D eigenvalue weighted by atomic mass is 79.9. The number of benzene rings is 1. The molecule has 0 bridgehead atoms. The first kappa shape index (κ1) is 13.0. The molecule has 0 fully saturated rings. The molecule has 88 valence electrons. The van der Waals surface area contributed by atoms with Crippen LogP contribution in [0, 0.1) is 13.8 Å². The summed E-state index contributed by atoms with van der Waals surface area (Å²) in [5.41, 5.74) is 3.40. The fraction of sp³-hybridized carbons (Fsp3) is 0.417. The van der Waals surface area contributed by atoms with Crippen molar-refractivity contribution in [1.82, 2.24) is 4.90 Å². The van der Waals surface area contributed by atoms with E-state index in [1.807, 2.05) is 19.9 Å². The maximum Gasteiger partial charge on any atom is 0.289 e. The number of ether oxygens (including phenoxy) is 1. The Labute approximate surface area is 105 Å². The lowest BCUT2D eigenvalue weighted by molar-refractivity contribution is 0.232. The molecule has 1 aromatic carbocycles. The van der Waals surface area contributed by atoms with Gasteiger partial charge < -0.3 is 9.64 Å². The molecule has 0 spiro atoms. The van der Waals surface area contributed by atoms with Gasteiger partial charge >= 0.3 is 0 Å². The van der Waals surface area contributed by atoms with Crippen molar-refractivity contribution >= 4 is 20.7 Å². The first-order valence-electron chi connectivity index (χ1n) is 5.00. The average molecular weight is 286 g/mol. The minimum Gasteiger partial charge on any atom is -0.496 e. The summed E-state index contributed by atoms with van der Waals surface area (Å²) in [5, 5.41) is 0. The van der Waals surface area contributed by atoms with E-state index >= 15 is 0 Å². The number of rotatable bonds is 3. The number of amides is 1. The minimum atomic E-state index is -0.132. The maximum absolute atomic E-state index is 11.1. The van der Waals surface area contributed by atoms with Crippen LogP contribution >= 0.6 is 15.9 Å². The lowest BCUT2D eigenvalue weighted by Gasteiger charge is -2.17. The molecule has 0 heterocycles. The number of methoxy groups -OCH3 is 1. The average Bonchev–Trinajstić information content (AvgIpc) is 2.22. The molecule has 0 saturated carbocycles. The van der Waals surface area contributed by atoms with Crippen molar-refractivity contribution in [1.29, 1.82) is 0 Å². The highest BCUT2D eigenvalue weighted by Gasteiger charge is 2.10. The fourth-order valence-electron chi connectivity index (χ4n) is 1.48. The Morgan fingerprint density at radius 1 is 1.38 bits per heavy atom. The molecule has 16 heavy (non-hydrogen) atoms. The predicted molar refractivity (Wildman–Crippen MR) is 68.3 cm³/mol. The molecule has 0 atom stereocenters. The van der Waals surface area contributed by atoms with Crippen LogP contribution in [0.3, 0.4) is 0 Å². The van der Waals surface area contributed by atoms with E-state index in [0.717, 1.165) is 11.3 Å². The molecular weight excluding hydrogens is 270 g/mol. The fourth-order valence-corrected chi connectivity index (χ4v) is 1.61. The SMILES string of the molecule is COc1cc(C)c(C)cc1CN(C)C(=O)Br. The number of halogens is 1. The quantitative estimate of drug-likeness (QED) is 0.630. The Balaban J connectivity index is 3.03.